The van der Waals surface area contributed by atoms with E-state index in [0.29, 0.717) is 10.5 Å². The van der Waals surface area contributed by atoms with Gasteiger partial charge in [0.15, 0.2) is 0 Å². The first kappa shape index (κ1) is 10.1. The van der Waals surface area contributed by atoms with Crippen molar-refractivity contribution in [2.24, 2.45) is 0 Å². The Bertz CT molecular complexity index is 321. The Morgan fingerprint density at radius 3 is 3.00 bits per heavy atom. The monoisotopic (exact) mass is 257 g/mol. The first-order valence-electron chi connectivity index (χ1n) is 4.93. The van der Waals surface area contributed by atoms with E-state index in [1.807, 2.05) is 6.07 Å². The number of rotatable bonds is 2. The van der Waals surface area contributed by atoms with Gasteiger partial charge in [0.2, 0.25) is 0 Å². The van der Waals surface area contributed by atoms with Crippen molar-refractivity contribution >= 4 is 15.9 Å². The van der Waals surface area contributed by atoms with Gasteiger partial charge in [-0.2, -0.15) is 0 Å². The SMILES string of the molecule is Fc1cc(CC2CCCN2)ccc1Br. The van der Waals surface area contributed by atoms with Crippen molar-refractivity contribution in [2.75, 3.05) is 6.54 Å². The number of nitrogens with one attached hydrogen (secondary N) is 1. The molecule has 0 radical (unpaired) electrons. The van der Waals surface area contributed by atoms with E-state index in [9.17, 15) is 4.39 Å². The van der Waals surface area contributed by atoms with Gasteiger partial charge in [0, 0.05) is 6.04 Å². The highest BCUT2D eigenvalue weighted by molar-refractivity contribution is 9.10. The van der Waals surface area contributed by atoms with Crippen LogP contribution in [0.5, 0.6) is 0 Å². The third-order valence-electron chi connectivity index (χ3n) is 2.63. The molecule has 0 aromatic heterocycles. The number of hydrogen-bond donors (Lipinski definition) is 1. The minimum atomic E-state index is -0.166. The fourth-order valence-corrected chi connectivity index (χ4v) is 2.13. The van der Waals surface area contributed by atoms with Crippen LogP contribution in [-0.4, -0.2) is 12.6 Å². The molecule has 1 aliphatic heterocycles. The van der Waals surface area contributed by atoms with Gasteiger partial charge in [-0.1, -0.05) is 6.07 Å². The zero-order chi connectivity index (χ0) is 9.97. The largest absolute Gasteiger partial charge is 0.314 e. The fourth-order valence-electron chi connectivity index (χ4n) is 1.88. The zero-order valence-corrected chi connectivity index (χ0v) is 9.48. The number of benzene rings is 1. The smallest absolute Gasteiger partial charge is 0.137 e. The lowest BCUT2D eigenvalue weighted by atomic mass is 10.0. The van der Waals surface area contributed by atoms with E-state index in [1.165, 1.54) is 12.8 Å². The Morgan fingerprint density at radius 1 is 1.50 bits per heavy atom. The highest BCUT2D eigenvalue weighted by Gasteiger charge is 2.14. The van der Waals surface area contributed by atoms with Crippen LogP contribution in [0.2, 0.25) is 0 Å². The van der Waals surface area contributed by atoms with Crippen molar-refractivity contribution in [3.05, 3.63) is 34.1 Å². The van der Waals surface area contributed by atoms with Gasteiger partial charge in [-0.15, -0.1) is 0 Å². The van der Waals surface area contributed by atoms with Crippen molar-refractivity contribution in [3.8, 4) is 0 Å². The first-order chi connectivity index (χ1) is 6.75. The molecule has 1 aromatic rings. The molecular weight excluding hydrogens is 245 g/mol. The van der Waals surface area contributed by atoms with Crippen molar-refractivity contribution in [2.45, 2.75) is 25.3 Å². The van der Waals surface area contributed by atoms with Crippen molar-refractivity contribution < 1.29 is 4.39 Å². The number of hydrogen-bond acceptors (Lipinski definition) is 1. The molecule has 1 aliphatic rings. The van der Waals surface area contributed by atoms with E-state index in [4.69, 9.17) is 0 Å². The van der Waals surface area contributed by atoms with Gasteiger partial charge in [0.1, 0.15) is 5.82 Å². The molecular formula is C11H13BrFN. The third kappa shape index (κ3) is 2.34. The minimum Gasteiger partial charge on any atom is -0.314 e. The molecule has 3 heteroatoms. The van der Waals surface area contributed by atoms with Crippen LogP contribution in [0.4, 0.5) is 4.39 Å². The molecule has 76 valence electrons. The summed E-state index contributed by atoms with van der Waals surface area (Å²) in [6.45, 7) is 1.10. The summed E-state index contributed by atoms with van der Waals surface area (Å²) in [5.74, 6) is -0.166. The van der Waals surface area contributed by atoms with Crippen LogP contribution in [0.1, 0.15) is 18.4 Å². The van der Waals surface area contributed by atoms with Gasteiger partial charge in [0.25, 0.3) is 0 Å². The standard InChI is InChI=1S/C11H13BrFN/c12-10-4-3-8(7-11(10)13)6-9-2-1-5-14-9/h3-4,7,9,14H,1-2,5-6H2. The summed E-state index contributed by atoms with van der Waals surface area (Å²) in [4.78, 5) is 0. The first-order valence-corrected chi connectivity index (χ1v) is 5.72. The van der Waals surface area contributed by atoms with Gasteiger partial charge in [-0.25, -0.2) is 4.39 Å². The second-order valence-electron chi connectivity index (χ2n) is 3.75. The van der Waals surface area contributed by atoms with Crippen LogP contribution in [0.15, 0.2) is 22.7 Å². The van der Waals surface area contributed by atoms with Crippen molar-refractivity contribution in [1.29, 1.82) is 0 Å². The Kier molecular flexibility index (Phi) is 3.19. The van der Waals surface area contributed by atoms with Crippen molar-refractivity contribution in [3.63, 3.8) is 0 Å². The molecule has 1 aromatic carbocycles. The lowest BCUT2D eigenvalue weighted by molar-refractivity contribution is 0.591. The summed E-state index contributed by atoms with van der Waals surface area (Å²) < 4.78 is 13.7. The van der Waals surface area contributed by atoms with Gasteiger partial charge >= 0.3 is 0 Å². The summed E-state index contributed by atoms with van der Waals surface area (Å²) >= 11 is 3.15. The van der Waals surface area contributed by atoms with E-state index in [0.717, 1.165) is 18.5 Å². The molecule has 0 aliphatic carbocycles. The van der Waals surface area contributed by atoms with E-state index < -0.39 is 0 Å². The highest BCUT2D eigenvalue weighted by atomic mass is 79.9. The predicted molar refractivity (Wildman–Crippen MR) is 58.8 cm³/mol. The maximum absolute atomic E-state index is 13.2. The molecule has 1 atom stereocenters. The minimum absolute atomic E-state index is 0.166. The molecule has 1 saturated heterocycles. The van der Waals surface area contributed by atoms with Crippen LogP contribution >= 0.6 is 15.9 Å². The lowest BCUT2D eigenvalue weighted by Gasteiger charge is -2.10. The van der Waals surface area contributed by atoms with E-state index in [-0.39, 0.29) is 5.82 Å². The average molecular weight is 258 g/mol. The molecule has 1 fully saturated rings. The average Bonchev–Trinajstić information content (AvgIpc) is 2.64. The normalized spacial score (nSPS) is 21.4. The van der Waals surface area contributed by atoms with Gasteiger partial charge in [0.05, 0.1) is 4.47 Å². The summed E-state index contributed by atoms with van der Waals surface area (Å²) in [7, 11) is 0. The summed E-state index contributed by atoms with van der Waals surface area (Å²) in [6, 6.07) is 5.91. The summed E-state index contributed by atoms with van der Waals surface area (Å²) in [6.07, 6.45) is 3.38. The molecule has 0 bridgehead atoms. The molecule has 1 unspecified atom stereocenters. The second-order valence-corrected chi connectivity index (χ2v) is 4.60. The van der Waals surface area contributed by atoms with Gasteiger partial charge in [-0.05, 0) is 59.4 Å². The van der Waals surface area contributed by atoms with E-state index in [1.54, 1.807) is 12.1 Å². The van der Waals surface area contributed by atoms with Crippen molar-refractivity contribution in [1.82, 2.24) is 5.32 Å². The Hall–Kier alpha value is -0.410. The zero-order valence-electron chi connectivity index (χ0n) is 7.89. The van der Waals surface area contributed by atoms with Crippen LogP contribution in [0.25, 0.3) is 0 Å². The quantitative estimate of drug-likeness (QED) is 0.860. The van der Waals surface area contributed by atoms with Crippen LogP contribution in [0, 0.1) is 5.82 Å². The predicted octanol–water partition coefficient (Wildman–Crippen LogP) is 2.88. The van der Waals surface area contributed by atoms with Crippen LogP contribution in [0.3, 0.4) is 0 Å². The molecule has 1 heterocycles. The molecule has 0 spiro atoms. The van der Waals surface area contributed by atoms with Crippen LogP contribution in [-0.2, 0) is 6.42 Å². The molecule has 2 rings (SSSR count). The summed E-state index contributed by atoms with van der Waals surface area (Å²) in [5, 5.41) is 3.40. The molecule has 1 N–H and O–H groups in total. The maximum atomic E-state index is 13.2. The van der Waals surface area contributed by atoms with E-state index in [2.05, 4.69) is 21.2 Å². The Morgan fingerprint density at radius 2 is 2.36 bits per heavy atom. The molecule has 0 amide bonds. The third-order valence-corrected chi connectivity index (χ3v) is 3.27. The Labute approximate surface area is 91.8 Å². The second kappa shape index (κ2) is 4.41. The molecule has 1 nitrogen and oxygen atoms in total. The number of halogens is 2. The Balaban J connectivity index is 2.05. The molecule has 0 saturated carbocycles. The van der Waals surface area contributed by atoms with E-state index >= 15 is 0 Å². The highest BCUT2D eigenvalue weighted by Crippen LogP contribution is 2.18. The lowest BCUT2D eigenvalue weighted by Crippen LogP contribution is -2.23. The maximum Gasteiger partial charge on any atom is 0.137 e. The van der Waals surface area contributed by atoms with Crippen LogP contribution < -0.4 is 5.32 Å². The van der Waals surface area contributed by atoms with Gasteiger partial charge < -0.3 is 5.32 Å². The topological polar surface area (TPSA) is 12.0 Å². The van der Waals surface area contributed by atoms with Gasteiger partial charge in [-0.3, -0.25) is 0 Å². The summed E-state index contributed by atoms with van der Waals surface area (Å²) in [5.41, 5.74) is 1.07. The molecule has 14 heavy (non-hydrogen) atoms. The fraction of sp³-hybridized carbons (Fsp3) is 0.455.